The van der Waals surface area contributed by atoms with Crippen molar-refractivity contribution in [1.82, 2.24) is 0 Å². The number of anilines is 1. The van der Waals surface area contributed by atoms with E-state index in [-0.39, 0.29) is 5.82 Å². The number of amides is 1. The van der Waals surface area contributed by atoms with Crippen LogP contribution in [0.5, 0.6) is 0 Å². The van der Waals surface area contributed by atoms with Crippen LogP contribution in [0.15, 0.2) is 59.5 Å². The van der Waals surface area contributed by atoms with Gasteiger partial charge in [0.05, 0.1) is 0 Å². The normalized spacial score (nSPS) is 11.1. The van der Waals surface area contributed by atoms with Gasteiger partial charge in [-0.25, -0.2) is 4.39 Å². The number of nitrogens with one attached hydrogen (secondary N) is 1. The van der Waals surface area contributed by atoms with Crippen molar-refractivity contribution < 1.29 is 18.0 Å². The van der Waals surface area contributed by atoms with Gasteiger partial charge in [0.1, 0.15) is 5.82 Å². The average molecular weight is 323 g/mol. The summed E-state index contributed by atoms with van der Waals surface area (Å²) in [6.07, 6.45) is 2.72. The van der Waals surface area contributed by atoms with Crippen LogP contribution in [-0.2, 0) is 4.79 Å². The molecule has 0 saturated heterocycles. The molecule has 0 aliphatic carbocycles. The van der Waals surface area contributed by atoms with Crippen molar-refractivity contribution in [1.29, 1.82) is 0 Å². The summed E-state index contributed by atoms with van der Waals surface area (Å²) in [6, 6.07) is 12.0. The highest BCUT2D eigenvalue weighted by atomic mass is 32.2. The smallest absolute Gasteiger partial charge is 0.288 e. The van der Waals surface area contributed by atoms with E-state index >= 15 is 0 Å². The van der Waals surface area contributed by atoms with Crippen molar-refractivity contribution >= 4 is 29.4 Å². The van der Waals surface area contributed by atoms with Crippen molar-refractivity contribution in [3.05, 3.63) is 66.0 Å². The lowest BCUT2D eigenvalue weighted by molar-refractivity contribution is -0.111. The maximum atomic E-state index is 13.0. The van der Waals surface area contributed by atoms with Gasteiger partial charge in [0.15, 0.2) is 0 Å². The lowest BCUT2D eigenvalue weighted by Crippen LogP contribution is -2.07. The Morgan fingerprint density at radius 1 is 1.14 bits per heavy atom. The summed E-state index contributed by atoms with van der Waals surface area (Å²) in [6.45, 7) is 0. The topological polar surface area (TPSA) is 29.1 Å². The van der Waals surface area contributed by atoms with Gasteiger partial charge < -0.3 is 5.32 Å². The molecule has 0 spiro atoms. The number of thioether (sulfide) groups is 1. The average Bonchev–Trinajstić information content (AvgIpc) is 2.45. The third-order valence-electron chi connectivity index (χ3n) is 2.60. The Balaban J connectivity index is 2.00. The van der Waals surface area contributed by atoms with Crippen LogP contribution in [-0.4, -0.2) is 11.7 Å². The SMILES string of the molecule is O=C(C=Cc1cccc(F)c1)Nc1cccc(SC(F)F)c1. The zero-order valence-electron chi connectivity index (χ0n) is 11.3. The molecule has 2 rings (SSSR count). The third kappa shape index (κ3) is 5.29. The Kier molecular flexibility index (Phi) is 5.66. The molecule has 0 fully saturated rings. The van der Waals surface area contributed by atoms with Crippen LogP contribution < -0.4 is 5.32 Å². The fourth-order valence-electron chi connectivity index (χ4n) is 1.72. The Morgan fingerprint density at radius 3 is 2.64 bits per heavy atom. The van der Waals surface area contributed by atoms with Gasteiger partial charge in [0.2, 0.25) is 5.91 Å². The van der Waals surface area contributed by atoms with E-state index in [0.29, 0.717) is 27.9 Å². The molecule has 114 valence electrons. The minimum absolute atomic E-state index is 0.363. The summed E-state index contributed by atoms with van der Waals surface area (Å²) < 4.78 is 37.6. The van der Waals surface area contributed by atoms with Crippen molar-refractivity contribution in [2.75, 3.05) is 5.32 Å². The fraction of sp³-hybridized carbons (Fsp3) is 0.0625. The number of carbonyl (C=O) groups is 1. The van der Waals surface area contributed by atoms with Crippen LogP contribution >= 0.6 is 11.8 Å². The molecule has 6 heteroatoms. The monoisotopic (exact) mass is 323 g/mol. The zero-order chi connectivity index (χ0) is 15.9. The van der Waals surface area contributed by atoms with Crippen LogP contribution in [0.1, 0.15) is 5.56 Å². The van der Waals surface area contributed by atoms with E-state index in [1.165, 1.54) is 42.5 Å². The van der Waals surface area contributed by atoms with E-state index < -0.39 is 11.7 Å². The van der Waals surface area contributed by atoms with Crippen LogP contribution in [0.3, 0.4) is 0 Å². The van der Waals surface area contributed by atoms with E-state index in [0.717, 1.165) is 0 Å². The molecular formula is C16H12F3NOS. The first kappa shape index (κ1) is 16.2. The highest BCUT2D eigenvalue weighted by Crippen LogP contribution is 2.27. The molecular weight excluding hydrogens is 311 g/mol. The van der Waals surface area contributed by atoms with Crippen molar-refractivity contribution in [3.63, 3.8) is 0 Å². The van der Waals surface area contributed by atoms with Gasteiger partial charge in [-0.2, -0.15) is 8.78 Å². The van der Waals surface area contributed by atoms with Crippen LogP contribution in [0.4, 0.5) is 18.9 Å². The highest BCUT2D eigenvalue weighted by molar-refractivity contribution is 7.99. The van der Waals surface area contributed by atoms with E-state index in [9.17, 15) is 18.0 Å². The number of carbonyl (C=O) groups excluding carboxylic acids is 1. The summed E-state index contributed by atoms with van der Waals surface area (Å²) in [5, 5.41) is 2.56. The zero-order valence-corrected chi connectivity index (χ0v) is 12.1. The molecule has 2 aromatic carbocycles. The number of hydrogen-bond acceptors (Lipinski definition) is 2. The second-order valence-electron chi connectivity index (χ2n) is 4.28. The maximum Gasteiger partial charge on any atom is 0.288 e. The minimum atomic E-state index is -2.51. The van der Waals surface area contributed by atoms with Crippen molar-refractivity contribution in [2.24, 2.45) is 0 Å². The number of halogens is 3. The number of hydrogen-bond donors (Lipinski definition) is 1. The Morgan fingerprint density at radius 2 is 1.91 bits per heavy atom. The van der Waals surface area contributed by atoms with E-state index in [1.54, 1.807) is 18.2 Å². The predicted octanol–water partition coefficient (Wildman–Crippen LogP) is 4.79. The van der Waals surface area contributed by atoms with Gasteiger partial charge in [-0.3, -0.25) is 4.79 Å². The molecule has 1 amide bonds. The molecule has 0 radical (unpaired) electrons. The molecule has 22 heavy (non-hydrogen) atoms. The van der Waals surface area contributed by atoms with Gasteiger partial charge in [-0.1, -0.05) is 30.0 Å². The van der Waals surface area contributed by atoms with Crippen LogP contribution in [0.2, 0.25) is 0 Å². The summed E-state index contributed by atoms with van der Waals surface area (Å²) in [5.74, 6) is -3.33. The first-order valence-corrected chi connectivity index (χ1v) is 7.20. The van der Waals surface area contributed by atoms with Gasteiger partial charge in [0.25, 0.3) is 5.76 Å². The molecule has 2 nitrogen and oxygen atoms in total. The highest BCUT2D eigenvalue weighted by Gasteiger charge is 2.06. The van der Waals surface area contributed by atoms with E-state index in [1.807, 2.05) is 0 Å². The maximum absolute atomic E-state index is 13.0. The number of alkyl halides is 2. The second-order valence-corrected chi connectivity index (χ2v) is 5.35. The summed E-state index contributed by atoms with van der Waals surface area (Å²) in [7, 11) is 0. The third-order valence-corrected chi connectivity index (χ3v) is 3.31. The lowest BCUT2D eigenvalue weighted by Gasteiger charge is -2.05. The molecule has 1 N–H and O–H groups in total. The standard InChI is InChI=1S/C16H12F3NOS/c17-12-4-1-3-11(9-12)7-8-15(21)20-13-5-2-6-14(10-13)22-16(18)19/h1-10,16H,(H,20,21). The second kappa shape index (κ2) is 7.70. The van der Waals surface area contributed by atoms with Crippen molar-refractivity contribution in [2.45, 2.75) is 10.7 Å². The molecule has 0 unspecified atom stereocenters. The van der Waals surface area contributed by atoms with E-state index in [4.69, 9.17) is 0 Å². The first-order valence-electron chi connectivity index (χ1n) is 6.32. The summed E-state index contributed by atoms with van der Waals surface area (Å²) in [5.41, 5.74) is 0.969. The molecule has 2 aromatic rings. The largest absolute Gasteiger partial charge is 0.322 e. The molecule has 0 bridgehead atoms. The van der Waals surface area contributed by atoms with Crippen LogP contribution in [0, 0.1) is 5.82 Å². The van der Waals surface area contributed by atoms with Crippen molar-refractivity contribution in [3.8, 4) is 0 Å². The first-order chi connectivity index (χ1) is 10.5. The summed E-state index contributed by atoms with van der Waals surface area (Å²) in [4.78, 5) is 12.1. The number of rotatable bonds is 5. The van der Waals surface area contributed by atoms with Crippen LogP contribution in [0.25, 0.3) is 6.08 Å². The Hall–Kier alpha value is -2.21. The quantitative estimate of drug-likeness (QED) is 0.633. The molecule has 0 saturated carbocycles. The van der Waals surface area contributed by atoms with Gasteiger partial charge >= 0.3 is 0 Å². The fourth-order valence-corrected chi connectivity index (χ4v) is 2.27. The Bertz CT molecular complexity index is 689. The summed E-state index contributed by atoms with van der Waals surface area (Å²) >= 11 is 0.407. The Labute approximate surface area is 130 Å². The molecule has 0 aliphatic heterocycles. The van der Waals surface area contributed by atoms with Gasteiger partial charge in [-0.15, -0.1) is 0 Å². The molecule has 0 heterocycles. The molecule has 0 atom stereocenters. The molecule has 0 aromatic heterocycles. The van der Waals surface area contributed by atoms with Gasteiger partial charge in [0, 0.05) is 16.7 Å². The van der Waals surface area contributed by atoms with E-state index in [2.05, 4.69) is 5.32 Å². The molecule has 0 aliphatic rings. The minimum Gasteiger partial charge on any atom is -0.322 e. The number of benzene rings is 2. The lowest BCUT2D eigenvalue weighted by atomic mass is 10.2. The van der Waals surface area contributed by atoms with Gasteiger partial charge in [-0.05, 0) is 42.0 Å². The predicted molar refractivity (Wildman–Crippen MR) is 82.4 cm³/mol.